The molecule has 3 heterocycles. The van der Waals surface area contributed by atoms with Crippen LogP contribution in [-0.4, -0.2) is 56.9 Å². The molecule has 5 rings (SSSR count). The number of hydrogen-bond donors (Lipinski definition) is 0. The monoisotopic (exact) mass is 508 g/mol. The number of Topliss-reactive ketones (excluding diaryl/α,β-unsaturated/α-hetero) is 1. The highest BCUT2D eigenvalue weighted by Crippen LogP contribution is 2.29. The molecule has 0 amide bonds. The average molecular weight is 509 g/mol. The quantitative estimate of drug-likeness (QED) is 0.429. The maximum absolute atomic E-state index is 13.4. The summed E-state index contributed by atoms with van der Waals surface area (Å²) in [5.74, 6) is 0.659. The third-order valence-corrected chi connectivity index (χ3v) is 7.38. The van der Waals surface area contributed by atoms with Gasteiger partial charge in [-0.3, -0.25) is 14.3 Å². The standard InChI is InChI=1S/C28H33ClN4O3/c1-19(2)14-26(34)16-32-27(21-4-3-5-22(29)15-21)30-33(28(32)35)23-8-6-20(7-9-23)12-13-31-24-10-11-25(31)18-36-17-24/h3-9,15,19,24-25H,10-14,16-18H2,1-2H3. The minimum atomic E-state index is -0.334. The molecule has 0 saturated carbocycles. The van der Waals surface area contributed by atoms with Crippen LogP contribution >= 0.6 is 11.6 Å². The molecule has 0 spiro atoms. The number of ether oxygens (including phenoxy) is 1. The zero-order valence-electron chi connectivity index (χ0n) is 20.9. The fourth-order valence-corrected chi connectivity index (χ4v) is 5.57. The molecule has 2 aliphatic rings. The number of morpholine rings is 1. The first-order valence-electron chi connectivity index (χ1n) is 12.8. The van der Waals surface area contributed by atoms with Gasteiger partial charge in [-0.2, -0.15) is 4.68 Å². The van der Waals surface area contributed by atoms with Gasteiger partial charge in [-0.15, -0.1) is 5.10 Å². The Bertz CT molecular complexity index is 1260. The fraction of sp³-hybridized carbons (Fsp3) is 0.464. The number of carbonyl (C=O) groups is 1. The molecule has 2 aromatic carbocycles. The third kappa shape index (κ3) is 5.33. The molecule has 2 bridgehead atoms. The molecule has 0 N–H and O–H groups in total. The Hall–Kier alpha value is -2.74. The van der Waals surface area contributed by atoms with E-state index in [1.807, 2.05) is 38.1 Å². The molecular weight excluding hydrogens is 476 g/mol. The van der Waals surface area contributed by atoms with Crippen molar-refractivity contribution >= 4 is 17.4 Å². The van der Waals surface area contributed by atoms with Crippen LogP contribution < -0.4 is 5.69 Å². The van der Waals surface area contributed by atoms with Gasteiger partial charge < -0.3 is 4.74 Å². The van der Waals surface area contributed by atoms with E-state index in [-0.39, 0.29) is 23.9 Å². The van der Waals surface area contributed by atoms with E-state index in [1.165, 1.54) is 27.7 Å². The largest absolute Gasteiger partial charge is 0.378 e. The second-order valence-corrected chi connectivity index (χ2v) is 10.8. The van der Waals surface area contributed by atoms with E-state index >= 15 is 0 Å². The number of rotatable bonds is 9. The van der Waals surface area contributed by atoms with Crippen LogP contribution in [-0.2, 0) is 22.5 Å². The lowest BCUT2D eigenvalue weighted by molar-refractivity contribution is -0.120. The topological polar surface area (TPSA) is 69.4 Å². The predicted octanol–water partition coefficient (Wildman–Crippen LogP) is 4.38. The van der Waals surface area contributed by atoms with Gasteiger partial charge in [0.25, 0.3) is 0 Å². The van der Waals surface area contributed by atoms with Crippen molar-refractivity contribution in [2.24, 2.45) is 5.92 Å². The van der Waals surface area contributed by atoms with Gasteiger partial charge in [-0.1, -0.05) is 49.7 Å². The normalized spacial score (nSPS) is 19.8. The number of aromatic nitrogens is 3. The lowest BCUT2D eigenvalue weighted by atomic mass is 10.1. The fourth-order valence-electron chi connectivity index (χ4n) is 5.38. The number of ketones is 1. The van der Waals surface area contributed by atoms with Crippen molar-refractivity contribution in [2.45, 2.75) is 58.2 Å². The van der Waals surface area contributed by atoms with Gasteiger partial charge in [0.15, 0.2) is 11.6 Å². The zero-order chi connectivity index (χ0) is 25.2. The SMILES string of the molecule is CC(C)CC(=O)Cn1c(-c2cccc(Cl)c2)nn(-c2ccc(CCN3C4CCC3COC4)cc2)c1=O. The van der Waals surface area contributed by atoms with Gasteiger partial charge in [0.1, 0.15) is 0 Å². The van der Waals surface area contributed by atoms with Gasteiger partial charge >= 0.3 is 5.69 Å². The van der Waals surface area contributed by atoms with Gasteiger partial charge in [0.05, 0.1) is 25.4 Å². The highest BCUT2D eigenvalue weighted by molar-refractivity contribution is 6.30. The smallest absolute Gasteiger partial charge is 0.351 e. The third-order valence-electron chi connectivity index (χ3n) is 7.15. The Balaban J connectivity index is 1.39. The highest BCUT2D eigenvalue weighted by Gasteiger charge is 2.36. The average Bonchev–Trinajstić information content (AvgIpc) is 3.27. The lowest BCUT2D eigenvalue weighted by Gasteiger charge is -2.34. The Labute approximate surface area is 216 Å². The van der Waals surface area contributed by atoms with Crippen molar-refractivity contribution in [1.29, 1.82) is 0 Å². The van der Waals surface area contributed by atoms with Gasteiger partial charge in [-0.25, -0.2) is 4.79 Å². The Morgan fingerprint density at radius 1 is 1.11 bits per heavy atom. The van der Waals surface area contributed by atoms with Crippen LogP contribution in [0, 0.1) is 5.92 Å². The van der Waals surface area contributed by atoms with Crippen LogP contribution in [0.3, 0.4) is 0 Å². The second-order valence-electron chi connectivity index (χ2n) is 10.3. The molecule has 1 aromatic heterocycles. The molecule has 2 unspecified atom stereocenters. The summed E-state index contributed by atoms with van der Waals surface area (Å²) in [4.78, 5) is 28.7. The maximum atomic E-state index is 13.4. The summed E-state index contributed by atoms with van der Waals surface area (Å²) in [6.45, 7) is 6.67. The molecule has 3 aromatic rings. The van der Waals surface area contributed by atoms with Crippen molar-refractivity contribution in [3.05, 3.63) is 69.6 Å². The number of benzene rings is 2. The summed E-state index contributed by atoms with van der Waals surface area (Å²) in [6.07, 6.45) is 3.81. The molecule has 0 aliphatic carbocycles. The van der Waals surface area contributed by atoms with Crippen LogP contribution in [0.1, 0.15) is 38.7 Å². The van der Waals surface area contributed by atoms with Gasteiger partial charge in [0, 0.05) is 35.6 Å². The molecule has 2 atom stereocenters. The van der Waals surface area contributed by atoms with Gasteiger partial charge in [-0.05, 0) is 55.0 Å². The first-order valence-corrected chi connectivity index (χ1v) is 13.2. The van der Waals surface area contributed by atoms with E-state index in [0.717, 1.165) is 26.2 Å². The summed E-state index contributed by atoms with van der Waals surface area (Å²) in [5, 5.41) is 5.18. The second kappa shape index (κ2) is 10.7. The van der Waals surface area contributed by atoms with E-state index < -0.39 is 0 Å². The van der Waals surface area contributed by atoms with E-state index in [9.17, 15) is 9.59 Å². The molecule has 8 heteroatoms. The number of hydrogen-bond acceptors (Lipinski definition) is 5. The minimum absolute atomic E-state index is 0.00218. The van der Waals surface area contributed by atoms with Crippen LogP contribution in [0.4, 0.5) is 0 Å². The summed E-state index contributed by atoms with van der Waals surface area (Å²) in [5.41, 5.74) is 2.26. The summed E-state index contributed by atoms with van der Waals surface area (Å²) in [6, 6.07) is 16.3. The molecule has 7 nitrogen and oxygen atoms in total. The van der Waals surface area contributed by atoms with E-state index in [1.54, 1.807) is 12.1 Å². The predicted molar refractivity (Wildman–Crippen MR) is 141 cm³/mol. The highest BCUT2D eigenvalue weighted by atomic mass is 35.5. The number of fused-ring (bicyclic) bond motifs is 2. The van der Waals surface area contributed by atoms with Crippen molar-refractivity contribution in [3.63, 3.8) is 0 Å². The summed E-state index contributed by atoms with van der Waals surface area (Å²) < 4.78 is 8.53. The van der Waals surface area contributed by atoms with E-state index in [2.05, 4.69) is 22.1 Å². The first kappa shape index (κ1) is 24.9. The maximum Gasteiger partial charge on any atom is 0.351 e. The Kier molecular flexibility index (Phi) is 7.42. The van der Waals surface area contributed by atoms with Crippen molar-refractivity contribution in [2.75, 3.05) is 19.8 Å². The summed E-state index contributed by atoms with van der Waals surface area (Å²) in [7, 11) is 0. The van der Waals surface area contributed by atoms with Crippen LogP contribution in [0.5, 0.6) is 0 Å². The summed E-state index contributed by atoms with van der Waals surface area (Å²) >= 11 is 6.21. The van der Waals surface area contributed by atoms with Crippen molar-refractivity contribution in [1.82, 2.24) is 19.2 Å². The number of carbonyl (C=O) groups excluding carboxylic acids is 1. The van der Waals surface area contributed by atoms with E-state index in [0.29, 0.717) is 40.6 Å². The minimum Gasteiger partial charge on any atom is -0.378 e. The molecule has 36 heavy (non-hydrogen) atoms. The lowest BCUT2D eigenvalue weighted by Crippen LogP contribution is -2.46. The van der Waals surface area contributed by atoms with Crippen molar-refractivity contribution in [3.8, 4) is 17.1 Å². The zero-order valence-corrected chi connectivity index (χ0v) is 21.7. The number of nitrogens with zero attached hydrogens (tertiary/aromatic N) is 4. The van der Waals surface area contributed by atoms with Crippen LogP contribution in [0.2, 0.25) is 5.02 Å². The molecule has 190 valence electrons. The van der Waals surface area contributed by atoms with Crippen molar-refractivity contribution < 1.29 is 9.53 Å². The molecule has 2 saturated heterocycles. The van der Waals surface area contributed by atoms with Gasteiger partial charge in [0.2, 0.25) is 0 Å². The Morgan fingerprint density at radius 3 is 2.50 bits per heavy atom. The molecular formula is C28H33ClN4O3. The van der Waals surface area contributed by atoms with Crippen LogP contribution in [0.25, 0.3) is 17.1 Å². The molecule has 2 aliphatic heterocycles. The van der Waals surface area contributed by atoms with Crippen LogP contribution in [0.15, 0.2) is 53.3 Å². The van der Waals surface area contributed by atoms with E-state index in [4.69, 9.17) is 16.3 Å². The first-order chi connectivity index (χ1) is 17.4. The Morgan fingerprint density at radius 2 is 1.83 bits per heavy atom. The molecule has 2 fully saturated rings. The number of halogens is 1. The molecule has 0 radical (unpaired) electrons.